The van der Waals surface area contributed by atoms with Gasteiger partial charge in [0.05, 0.1) is 0 Å². The van der Waals surface area contributed by atoms with E-state index in [9.17, 15) is 4.79 Å². The topological polar surface area (TPSA) is 23.6 Å². The maximum absolute atomic E-state index is 12.4. The van der Waals surface area contributed by atoms with Gasteiger partial charge in [0, 0.05) is 38.6 Å². The summed E-state index contributed by atoms with van der Waals surface area (Å²) in [7, 11) is 2.02. The maximum atomic E-state index is 12.4. The number of piperidine rings is 1. The highest BCUT2D eigenvalue weighted by atomic mass is 16.2. The molecule has 0 aromatic heterocycles. The fraction of sp³-hybridized carbons (Fsp3) is 0.500. The zero-order chi connectivity index (χ0) is 17.2. The molecule has 2 aromatic carbocycles. The Morgan fingerprint density at radius 2 is 1.76 bits per heavy atom. The molecule has 0 atom stereocenters. The van der Waals surface area contributed by atoms with Crippen molar-refractivity contribution in [1.82, 2.24) is 9.80 Å². The average molecular weight is 336 g/mol. The van der Waals surface area contributed by atoms with Crippen molar-refractivity contribution in [2.75, 3.05) is 20.1 Å². The van der Waals surface area contributed by atoms with Crippen LogP contribution >= 0.6 is 0 Å². The summed E-state index contributed by atoms with van der Waals surface area (Å²) >= 11 is 0. The Hall–Kier alpha value is -1.87. The van der Waals surface area contributed by atoms with E-state index in [2.05, 4.69) is 52.3 Å². The minimum atomic E-state index is 0.320. The second-order valence-electron chi connectivity index (χ2n) is 7.77. The van der Waals surface area contributed by atoms with E-state index in [1.807, 2.05) is 7.05 Å². The molecule has 4 rings (SSSR count). The fourth-order valence-corrected chi connectivity index (χ4v) is 4.18. The van der Waals surface area contributed by atoms with E-state index >= 15 is 0 Å². The predicted molar refractivity (Wildman–Crippen MR) is 102 cm³/mol. The number of hydrogen-bond donors (Lipinski definition) is 0. The number of rotatable bonds is 4. The van der Waals surface area contributed by atoms with Crippen LogP contribution in [0.25, 0.3) is 10.8 Å². The van der Waals surface area contributed by atoms with Crippen molar-refractivity contribution < 1.29 is 4.79 Å². The van der Waals surface area contributed by atoms with Gasteiger partial charge in [-0.25, -0.2) is 0 Å². The summed E-state index contributed by atoms with van der Waals surface area (Å²) in [6, 6.07) is 15.8. The first kappa shape index (κ1) is 16.6. The molecule has 0 spiro atoms. The van der Waals surface area contributed by atoms with Crippen LogP contribution in [0.2, 0.25) is 0 Å². The third-order valence-corrected chi connectivity index (χ3v) is 6.13. The van der Waals surface area contributed by atoms with Crippen LogP contribution in [0.5, 0.6) is 0 Å². The van der Waals surface area contributed by atoms with E-state index in [4.69, 9.17) is 0 Å². The molecule has 2 aliphatic rings. The lowest BCUT2D eigenvalue weighted by molar-refractivity contribution is -0.139. The van der Waals surface area contributed by atoms with Crippen LogP contribution in [0.4, 0.5) is 0 Å². The maximum Gasteiger partial charge on any atom is 0.225 e. The van der Waals surface area contributed by atoms with Gasteiger partial charge in [-0.15, -0.1) is 0 Å². The van der Waals surface area contributed by atoms with E-state index in [-0.39, 0.29) is 0 Å². The molecular formula is C22H28N2O. The highest BCUT2D eigenvalue weighted by Crippen LogP contribution is 2.30. The molecule has 1 saturated heterocycles. The van der Waals surface area contributed by atoms with Gasteiger partial charge in [0.15, 0.2) is 0 Å². The number of carbonyl (C=O) groups is 1. The molecule has 2 aromatic rings. The zero-order valence-electron chi connectivity index (χ0n) is 15.2. The quantitative estimate of drug-likeness (QED) is 0.840. The predicted octanol–water partition coefficient (Wildman–Crippen LogP) is 4.06. The summed E-state index contributed by atoms with van der Waals surface area (Å²) in [6.45, 7) is 3.18. The van der Waals surface area contributed by atoms with Crippen LogP contribution in [0.3, 0.4) is 0 Å². The number of amides is 1. The largest absolute Gasteiger partial charge is 0.342 e. The Morgan fingerprint density at radius 3 is 2.44 bits per heavy atom. The molecule has 132 valence electrons. The molecule has 2 fully saturated rings. The summed E-state index contributed by atoms with van der Waals surface area (Å²) in [5, 5.41) is 2.63. The minimum Gasteiger partial charge on any atom is -0.342 e. The van der Waals surface area contributed by atoms with Gasteiger partial charge in [-0.3, -0.25) is 9.69 Å². The molecule has 1 heterocycles. The Kier molecular flexibility index (Phi) is 4.76. The number of hydrogen-bond acceptors (Lipinski definition) is 2. The monoisotopic (exact) mass is 336 g/mol. The molecule has 0 bridgehead atoms. The molecule has 3 nitrogen and oxygen atoms in total. The van der Waals surface area contributed by atoms with Crippen LogP contribution in [0.15, 0.2) is 42.5 Å². The van der Waals surface area contributed by atoms with Gasteiger partial charge in [-0.1, -0.05) is 42.8 Å². The van der Waals surface area contributed by atoms with E-state index in [1.54, 1.807) is 0 Å². The van der Waals surface area contributed by atoms with Crippen molar-refractivity contribution in [3.05, 3.63) is 48.0 Å². The molecule has 1 amide bonds. The molecule has 0 unspecified atom stereocenters. The second kappa shape index (κ2) is 7.17. The fourth-order valence-electron chi connectivity index (χ4n) is 4.18. The van der Waals surface area contributed by atoms with Crippen LogP contribution < -0.4 is 0 Å². The average Bonchev–Trinajstić information content (AvgIpc) is 2.60. The van der Waals surface area contributed by atoms with Crippen molar-refractivity contribution in [3.63, 3.8) is 0 Å². The van der Waals surface area contributed by atoms with Crippen LogP contribution in [0.1, 0.15) is 37.7 Å². The number of nitrogens with zero attached hydrogens (tertiary/aromatic N) is 2. The lowest BCUT2D eigenvalue weighted by atomic mass is 9.84. The van der Waals surface area contributed by atoms with Gasteiger partial charge in [-0.2, -0.15) is 0 Å². The molecule has 1 saturated carbocycles. The Bertz CT molecular complexity index is 745. The molecule has 1 aliphatic heterocycles. The summed E-state index contributed by atoms with van der Waals surface area (Å²) in [4.78, 5) is 17.0. The molecular weight excluding hydrogens is 308 g/mol. The van der Waals surface area contributed by atoms with Crippen molar-refractivity contribution in [2.24, 2.45) is 5.92 Å². The first-order valence-corrected chi connectivity index (χ1v) is 9.67. The van der Waals surface area contributed by atoms with Crippen molar-refractivity contribution in [3.8, 4) is 0 Å². The third kappa shape index (κ3) is 3.57. The van der Waals surface area contributed by atoms with E-state index < -0.39 is 0 Å². The molecule has 0 N–H and O–H groups in total. The standard InChI is InChI=1S/C22H28N2O/c1-23(22(25)19-7-4-8-19)21-11-13-24(14-12-21)16-17-9-10-18-5-2-3-6-20(18)15-17/h2-3,5-6,9-10,15,19,21H,4,7-8,11-14,16H2,1H3. The van der Waals surface area contributed by atoms with Crippen molar-refractivity contribution in [2.45, 2.75) is 44.7 Å². The minimum absolute atomic E-state index is 0.320. The van der Waals surface area contributed by atoms with Crippen molar-refractivity contribution >= 4 is 16.7 Å². The summed E-state index contributed by atoms with van der Waals surface area (Å²) in [5.41, 5.74) is 1.39. The summed E-state index contributed by atoms with van der Waals surface area (Å²) in [6.07, 6.45) is 5.63. The first-order valence-electron chi connectivity index (χ1n) is 9.67. The van der Waals surface area contributed by atoms with Crippen LogP contribution in [0, 0.1) is 5.92 Å². The lowest BCUT2D eigenvalue weighted by Crippen LogP contribution is -2.48. The van der Waals surface area contributed by atoms with Crippen LogP contribution in [-0.4, -0.2) is 41.9 Å². The number of fused-ring (bicyclic) bond motifs is 1. The first-order chi connectivity index (χ1) is 12.2. The number of carbonyl (C=O) groups excluding carboxylic acids is 1. The molecule has 25 heavy (non-hydrogen) atoms. The van der Waals surface area contributed by atoms with E-state index in [0.29, 0.717) is 17.9 Å². The zero-order valence-corrected chi connectivity index (χ0v) is 15.2. The lowest BCUT2D eigenvalue weighted by Gasteiger charge is -2.39. The SMILES string of the molecule is CN(C(=O)C1CCC1)C1CCN(Cc2ccc3ccccc3c2)CC1. The highest BCUT2D eigenvalue weighted by Gasteiger charge is 2.32. The van der Waals surface area contributed by atoms with Gasteiger partial charge >= 0.3 is 0 Å². The number of likely N-dealkylation sites (tertiary alicyclic amines) is 1. The Balaban J connectivity index is 1.32. The van der Waals surface area contributed by atoms with Crippen molar-refractivity contribution in [1.29, 1.82) is 0 Å². The normalized spacial score (nSPS) is 19.7. The summed E-state index contributed by atoms with van der Waals surface area (Å²) in [5.74, 6) is 0.708. The smallest absolute Gasteiger partial charge is 0.225 e. The highest BCUT2D eigenvalue weighted by molar-refractivity contribution is 5.83. The van der Waals surface area contributed by atoms with E-state index in [0.717, 1.165) is 45.3 Å². The summed E-state index contributed by atoms with van der Waals surface area (Å²) < 4.78 is 0. The van der Waals surface area contributed by atoms with Gasteiger partial charge < -0.3 is 4.90 Å². The second-order valence-corrected chi connectivity index (χ2v) is 7.77. The Labute approximate surface area is 150 Å². The molecule has 0 radical (unpaired) electrons. The Morgan fingerprint density at radius 1 is 1.04 bits per heavy atom. The molecule has 1 aliphatic carbocycles. The van der Waals surface area contributed by atoms with Gasteiger partial charge in [0.25, 0.3) is 0 Å². The van der Waals surface area contributed by atoms with E-state index in [1.165, 1.54) is 22.8 Å². The van der Waals surface area contributed by atoms with Gasteiger partial charge in [-0.05, 0) is 48.1 Å². The van der Waals surface area contributed by atoms with Gasteiger partial charge in [0.2, 0.25) is 5.91 Å². The van der Waals surface area contributed by atoms with Crippen LogP contribution in [-0.2, 0) is 11.3 Å². The van der Waals surface area contributed by atoms with Gasteiger partial charge in [0.1, 0.15) is 0 Å². The third-order valence-electron chi connectivity index (χ3n) is 6.13. The molecule has 3 heteroatoms. The number of benzene rings is 2.